The number of ether oxygens (including phenoxy) is 1. The molecule has 3 heteroatoms. The highest BCUT2D eigenvalue weighted by atomic mass is 35.5. The molecule has 0 amide bonds. The highest BCUT2D eigenvalue weighted by molar-refractivity contribution is 4.83. The molecule has 0 radical (unpaired) electrons. The van der Waals surface area contributed by atoms with Gasteiger partial charge in [-0.2, -0.15) is 4.57 Å². The Bertz CT molecular complexity index is 422. The molecule has 0 aromatic carbocycles. The largest absolute Gasteiger partial charge is 1.00 e. The van der Waals surface area contributed by atoms with Gasteiger partial charge in [-0.05, 0) is 32.1 Å². The average molecular weight is 396 g/mol. The molecule has 0 N–H and O–H groups in total. The maximum atomic E-state index is 5.69. The van der Waals surface area contributed by atoms with E-state index in [1.165, 1.54) is 89.9 Å². The monoisotopic (exact) mass is 395 g/mol. The van der Waals surface area contributed by atoms with E-state index in [0.29, 0.717) is 6.73 Å². The summed E-state index contributed by atoms with van der Waals surface area (Å²) in [6.45, 7) is 3.83. The molecule has 0 aliphatic carbocycles. The van der Waals surface area contributed by atoms with E-state index in [1.54, 1.807) is 0 Å². The van der Waals surface area contributed by atoms with Crippen LogP contribution in [0.5, 0.6) is 0 Å². The third kappa shape index (κ3) is 18.3. The van der Waals surface area contributed by atoms with Crippen LogP contribution in [0, 0.1) is 0 Å². The van der Waals surface area contributed by atoms with Gasteiger partial charge in [0.2, 0.25) is 0 Å². The van der Waals surface area contributed by atoms with E-state index in [-0.39, 0.29) is 12.4 Å². The van der Waals surface area contributed by atoms with Crippen molar-refractivity contribution in [1.82, 2.24) is 0 Å². The van der Waals surface area contributed by atoms with Gasteiger partial charge in [-0.15, -0.1) is 0 Å². The minimum atomic E-state index is 0. The van der Waals surface area contributed by atoms with Gasteiger partial charge in [0.1, 0.15) is 0 Å². The van der Waals surface area contributed by atoms with Gasteiger partial charge in [0.15, 0.2) is 12.4 Å². The molecule has 0 unspecified atom stereocenters. The summed E-state index contributed by atoms with van der Waals surface area (Å²) < 4.78 is 7.76. The van der Waals surface area contributed by atoms with Crippen LogP contribution in [0.4, 0.5) is 0 Å². The number of hydrogen-bond donors (Lipinski definition) is 0. The number of pyridine rings is 1. The predicted molar refractivity (Wildman–Crippen MR) is 112 cm³/mol. The van der Waals surface area contributed by atoms with Crippen molar-refractivity contribution >= 4 is 0 Å². The molecular weight excluding hydrogens is 354 g/mol. The smallest absolute Gasteiger partial charge is 0.252 e. The molecule has 0 spiro atoms. The third-order valence-electron chi connectivity index (χ3n) is 4.82. The van der Waals surface area contributed by atoms with Crippen molar-refractivity contribution in [2.24, 2.45) is 0 Å². The summed E-state index contributed by atoms with van der Waals surface area (Å²) in [6.07, 6.45) is 27.8. The number of aromatic nitrogens is 1. The van der Waals surface area contributed by atoms with Crippen molar-refractivity contribution in [3.8, 4) is 0 Å². The molecule has 0 saturated carbocycles. The fourth-order valence-corrected chi connectivity index (χ4v) is 3.14. The van der Waals surface area contributed by atoms with Crippen LogP contribution in [-0.4, -0.2) is 6.61 Å². The quantitative estimate of drug-likeness (QED) is 0.208. The standard InChI is InChI=1S/C24H42NO.ClH/c1-2-3-4-5-6-7-8-9-10-11-12-13-14-15-16-20-23-26-24-25-21-18-17-19-22-25;/h9-10,17-19,21-22H,2-8,11-16,20,23-24H2,1H3;1H/q+1;/p-1. The minimum absolute atomic E-state index is 0. The van der Waals surface area contributed by atoms with E-state index in [9.17, 15) is 0 Å². The molecule has 0 saturated heterocycles. The number of hydrogen-bond acceptors (Lipinski definition) is 1. The van der Waals surface area contributed by atoms with Crippen LogP contribution in [-0.2, 0) is 11.5 Å². The highest BCUT2D eigenvalue weighted by Gasteiger charge is 1.97. The van der Waals surface area contributed by atoms with Gasteiger partial charge in [-0.3, -0.25) is 0 Å². The predicted octanol–water partition coefficient (Wildman–Crippen LogP) is 3.99. The maximum Gasteiger partial charge on any atom is 0.252 e. The van der Waals surface area contributed by atoms with Crippen LogP contribution >= 0.6 is 0 Å². The SMILES string of the molecule is CCCCCCCCC=CCCCCCCCCOC[n+]1ccccc1.[Cl-]. The number of nitrogens with zero attached hydrogens (tertiary/aromatic N) is 1. The Balaban J connectivity index is 0.00000676. The Kier molecular flexibility index (Phi) is 20.8. The molecule has 0 fully saturated rings. The summed E-state index contributed by atoms with van der Waals surface area (Å²) >= 11 is 0. The van der Waals surface area contributed by atoms with Crippen LogP contribution in [0.25, 0.3) is 0 Å². The van der Waals surface area contributed by atoms with Gasteiger partial charge >= 0.3 is 0 Å². The lowest BCUT2D eigenvalue weighted by atomic mass is 10.1. The number of halogens is 1. The Morgan fingerprint density at radius 2 is 1.19 bits per heavy atom. The molecule has 1 aromatic rings. The van der Waals surface area contributed by atoms with Crippen LogP contribution in [0.1, 0.15) is 96.8 Å². The summed E-state index contributed by atoms with van der Waals surface area (Å²) in [6, 6.07) is 6.10. The second-order valence-corrected chi connectivity index (χ2v) is 7.36. The van der Waals surface area contributed by atoms with Crippen molar-refractivity contribution in [2.75, 3.05) is 6.61 Å². The number of unbranched alkanes of at least 4 members (excludes halogenated alkanes) is 12. The summed E-state index contributed by atoms with van der Waals surface area (Å²) in [7, 11) is 0. The molecule has 0 atom stereocenters. The van der Waals surface area contributed by atoms with Crippen LogP contribution in [0.15, 0.2) is 42.7 Å². The lowest BCUT2D eigenvalue weighted by Crippen LogP contribution is -3.00. The molecular formula is C24H42ClNO. The van der Waals surface area contributed by atoms with Crippen molar-refractivity contribution in [3.63, 3.8) is 0 Å². The van der Waals surface area contributed by atoms with Crippen molar-refractivity contribution < 1.29 is 21.7 Å². The number of allylic oxidation sites excluding steroid dienone is 2. The van der Waals surface area contributed by atoms with Gasteiger partial charge in [-0.25, -0.2) is 0 Å². The Hall–Kier alpha value is -0.860. The molecule has 1 rings (SSSR count). The van der Waals surface area contributed by atoms with Gasteiger partial charge in [0.05, 0.1) is 6.61 Å². The normalized spacial score (nSPS) is 11.0. The maximum absolute atomic E-state index is 5.69. The third-order valence-corrected chi connectivity index (χ3v) is 4.82. The Labute approximate surface area is 174 Å². The zero-order valence-corrected chi connectivity index (χ0v) is 18.3. The highest BCUT2D eigenvalue weighted by Crippen LogP contribution is 2.09. The van der Waals surface area contributed by atoms with Gasteiger partial charge in [-0.1, -0.05) is 82.9 Å². The Morgan fingerprint density at radius 3 is 1.78 bits per heavy atom. The van der Waals surface area contributed by atoms with E-state index >= 15 is 0 Å². The van der Waals surface area contributed by atoms with Crippen LogP contribution in [0.3, 0.4) is 0 Å². The molecule has 156 valence electrons. The minimum Gasteiger partial charge on any atom is -1.00 e. The van der Waals surface area contributed by atoms with Gasteiger partial charge in [0.25, 0.3) is 6.73 Å². The molecule has 0 aliphatic rings. The fraction of sp³-hybridized carbons (Fsp3) is 0.708. The first-order chi connectivity index (χ1) is 12.9. The van der Waals surface area contributed by atoms with E-state index in [2.05, 4.69) is 23.6 Å². The van der Waals surface area contributed by atoms with E-state index in [1.807, 2.05) is 30.6 Å². The van der Waals surface area contributed by atoms with Gasteiger partial charge in [0, 0.05) is 12.1 Å². The zero-order valence-electron chi connectivity index (χ0n) is 17.6. The molecule has 1 aromatic heterocycles. The Morgan fingerprint density at radius 1 is 0.667 bits per heavy atom. The molecule has 0 bridgehead atoms. The molecule has 27 heavy (non-hydrogen) atoms. The summed E-state index contributed by atoms with van der Waals surface area (Å²) in [5, 5.41) is 0. The van der Waals surface area contributed by atoms with E-state index in [4.69, 9.17) is 4.74 Å². The first-order valence-corrected chi connectivity index (χ1v) is 11.1. The summed E-state index contributed by atoms with van der Waals surface area (Å²) in [4.78, 5) is 0. The number of rotatable bonds is 18. The first-order valence-electron chi connectivity index (χ1n) is 11.1. The fourth-order valence-electron chi connectivity index (χ4n) is 3.14. The zero-order chi connectivity index (χ0) is 18.5. The topological polar surface area (TPSA) is 13.1 Å². The lowest BCUT2D eigenvalue weighted by molar-refractivity contribution is -0.732. The van der Waals surface area contributed by atoms with E-state index < -0.39 is 0 Å². The molecule has 0 aliphatic heterocycles. The van der Waals surface area contributed by atoms with Crippen LogP contribution in [0.2, 0.25) is 0 Å². The van der Waals surface area contributed by atoms with Crippen molar-refractivity contribution in [3.05, 3.63) is 42.7 Å². The van der Waals surface area contributed by atoms with Gasteiger partial charge < -0.3 is 17.1 Å². The lowest BCUT2D eigenvalue weighted by Gasteiger charge is -2.02. The van der Waals surface area contributed by atoms with Crippen molar-refractivity contribution in [1.29, 1.82) is 0 Å². The van der Waals surface area contributed by atoms with E-state index in [0.717, 1.165) is 6.61 Å². The van der Waals surface area contributed by atoms with Crippen LogP contribution < -0.4 is 17.0 Å². The summed E-state index contributed by atoms with van der Waals surface area (Å²) in [5.41, 5.74) is 0. The summed E-state index contributed by atoms with van der Waals surface area (Å²) in [5.74, 6) is 0. The molecule has 2 nitrogen and oxygen atoms in total. The second kappa shape index (κ2) is 21.4. The van der Waals surface area contributed by atoms with Crippen molar-refractivity contribution in [2.45, 2.75) is 104 Å². The first kappa shape index (κ1) is 26.1. The average Bonchev–Trinajstić information content (AvgIpc) is 2.68. The second-order valence-electron chi connectivity index (χ2n) is 7.36. The molecule has 1 heterocycles.